The lowest BCUT2D eigenvalue weighted by molar-refractivity contribution is -0.139. The summed E-state index contributed by atoms with van der Waals surface area (Å²) in [5.74, 6) is 0.639. The van der Waals surface area contributed by atoms with Crippen LogP contribution in [0, 0.1) is 6.92 Å². The van der Waals surface area contributed by atoms with Gasteiger partial charge in [-0.3, -0.25) is 4.79 Å². The van der Waals surface area contributed by atoms with Crippen LogP contribution < -0.4 is 18.9 Å². The fourth-order valence-electron chi connectivity index (χ4n) is 4.05. The van der Waals surface area contributed by atoms with Crippen LogP contribution in [0.15, 0.2) is 60.7 Å². The van der Waals surface area contributed by atoms with Gasteiger partial charge in [-0.25, -0.2) is 4.79 Å². The number of benzene rings is 3. The highest BCUT2D eigenvalue weighted by molar-refractivity contribution is 5.95. The minimum absolute atomic E-state index is 0.158. The lowest BCUT2D eigenvalue weighted by Gasteiger charge is -2.24. The van der Waals surface area contributed by atoms with Crippen LogP contribution in [0.2, 0.25) is 0 Å². The van der Waals surface area contributed by atoms with E-state index in [1.165, 1.54) is 12.7 Å². The van der Waals surface area contributed by atoms with Crippen molar-refractivity contribution in [3.8, 4) is 23.0 Å². The van der Waals surface area contributed by atoms with E-state index in [-0.39, 0.29) is 5.91 Å². The third kappa shape index (κ3) is 7.39. The average molecular weight is 508 g/mol. The summed E-state index contributed by atoms with van der Waals surface area (Å²) in [5.41, 5.74) is 3.31. The molecule has 0 saturated heterocycles. The van der Waals surface area contributed by atoms with Crippen molar-refractivity contribution in [1.29, 1.82) is 0 Å². The van der Waals surface area contributed by atoms with Gasteiger partial charge in [-0.05, 0) is 55.2 Å². The van der Waals surface area contributed by atoms with E-state index in [2.05, 4.69) is 12.1 Å². The highest BCUT2D eigenvalue weighted by Gasteiger charge is 2.20. The average Bonchev–Trinajstić information content (AvgIpc) is 2.91. The van der Waals surface area contributed by atoms with Crippen molar-refractivity contribution in [2.45, 2.75) is 26.3 Å². The number of aliphatic carboxylic acids is 1. The van der Waals surface area contributed by atoms with E-state index in [0.717, 1.165) is 24.0 Å². The summed E-state index contributed by atoms with van der Waals surface area (Å²) in [6, 6.07) is 18.8. The van der Waals surface area contributed by atoms with Crippen molar-refractivity contribution in [3.05, 3.63) is 82.9 Å². The fourth-order valence-corrected chi connectivity index (χ4v) is 4.05. The molecule has 0 aliphatic rings. The molecule has 8 heteroatoms. The lowest BCUT2D eigenvalue weighted by Crippen LogP contribution is -2.32. The molecule has 0 aliphatic carbocycles. The summed E-state index contributed by atoms with van der Waals surface area (Å²) in [6.45, 7) is 2.24. The Morgan fingerprint density at radius 3 is 2.05 bits per heavy atom. The van der Waals surface area contributed by atoms with Gasteiger partial charge in [0.2, 0.25) is 0 Å². The Balaban J connectivity index is 1.87. The zero-order chi connectivity index (χ0) is 26.8. The van der Waals surface area contributed by atoms with Crippen LogP contribution in [0.3, 0.4) is 0 Å². The zero-order valence-electron chi connectivity index (χ0n) is 21.7. The molecule has 0 heterocycles. The van der Waals surface area contributed by atoms with E-state index in [1.807, 2.05) is 25.1 Å². The predicted molar refractivity (Wildman–Crippen MR) is 140 cm³/mol. The highest BCUT2D eigenvalue weighted by atomic mass is 16.5. The maximum Gasteiger partial charge on any atom is 0.341 e. The van der Waals surface area contributed by atoms with Crippen LogP contribution in [0.4, 0.5) is 0 Å². The number of carbonyl (C=O) groups is 2. The Bertz CT molecular complexity index is 1190. The first-order valence-electron chi connectivity index (χ1n) is 11.9. The van der Waals surface area contributed by atoms with Gasteiger partial charge in [-0.1, -0.05) is 36.4 Å². The van der Waals surface area contributed by atoms with Gasteiger partial charge in [0.25, 0.3) is 5.91 Å². The number of amides is 1. The molecular weight excluding hydrogens is 474 g/mol. The molecule has 0 spiro atoms. The summed E-state index contributed by atoms with van der Waals surface area (Å²) in [4.78, 5) is 26.4. The van der Waals surface area contributed by atoms with Gasteiger partial charge in [0.1, 0.15) is 11.5 Å². The third-order valence-corrected chi connectivity index (χ3v) is 5.98. The predicted octanol–water partition coefficient (Wildman–Crippen LogP) is 4.76. The number of hydrogen-bond acceptors (Lipinski definition) is 6. The molecule has 0 saturated carbocycles. The first-order valence-corrected chi connectivity index (χ1v) is 11.9. The summed E-state index contributed by atoms with van der Waals surface area (Å²) in [6.07, 6.45) is 1.60. The van der Waals surface area contributed by atoms with Gasteiger partial charge in [-0.2, -0.15) is 0 Å². The Hall–Kier alpha value is -4.20. The van der Waals surface area contributed by atoms with Gasteiger partial charge in [0, 0.05) is 24.2 Å². The quantitative estimate of drug-likeness (QED) is 0.356. The van der Waals surface area contributed by atoms with Gasteiger partial charge in [-0.15, -0.1) is 0 Å². The number of rotatable bonds is 13. The van der Waals surface area contributed by atoms with E-state index >= 15 is 0 Å². The SMILES string of the molecule is COc1cc(CN(CCCc2ccccc2)C(=O)c2cc(OC)c(C)c(OC)c2)ccc1OCC(=O)O. The van der Waals surface area contributed by atoms with E-state index in [1.54, 1.807) is 49.5 Å². The number of hydrogen-bond donors (Lipinski definition) is 1. The molecule has 0 fully saturated rings. The normalized spacial score (nSPS) is 10.5. The summed E-state index contributed by atoms with van der Waals surface area (Å²) in [5, 5.41) is 8.91. The molecule has 1 N–H and O–H groups in total. The maximum absolute atomic E-state index is 13.7. The molecule has 1 amide bonds. The topological polar surface area (TPSA) is 94.5 Å². The lowest BCUT2D eigenvalue weighted by atomic mass is 10.1. The van der Waals surface area contributed by atoms with Crippen molar-refractivity contribution < 1.29 is 33.6 Å². The fraction of sp³-hybridized carbons (Fsp3) is 0.310. The molecule has 3 aromatic carbocycles. The van der Waals surface area contributed by atoms with E-state index in [9.17, 15) is 9.59 Å². The van der Waals surface area contributed by atoms with Crippen molar-refractivity contribution in [2.24, 2.45) is 0 Å². The smallest absolute Gasteiger partial charge is 0.341 e. The molecule has 0 atom stereocenters. The zero-order valence-corrected chi connectivity index (χ0v) is 21.7. The Labute approximate surface area is 217 Å². The van der Waals surface area contributed by atoms with Gasteiger partial charge in [0.05, 0.1) is 21.3 Å². The molecule has 0 aliphatic heterocycles. The minimum atomic E-state index is -1.08. The van der Waals surface area contributed by atoms with E-state index in [4.69, 9.17) is 24.1 Å². The van der Waals surface area contributed by atoms with Crippen molar-refractivity contribution >= 4 is 11.9 Å². The highest BCUT2D eigenvalue weighted by Crippen LogP contribution is 2.31. The molecular formula is C29H33NO7. The van der Waals surface area contributed by atoms with Crippen molar-refractivity contribution in [2.75, 3.05) is 34.5 Å². The van der Waals surface area contributed by atoms with Crippen LogP contribution in [-0.2, 0) is 17.8 Å². The largest absolute Gasteiger partial charge is 0.496 e. The molecule has 196 valence electrons. The molecule has 37 heavy (non-hydrogen) atoms. The number of methoxy groups -OCH3 is 3. The maximum atomic E-state index is 13.7. The Morgan fingerprint density at radius 1 is 0.811 bits per heavy atom. The van der Waals surface area contributed by atoms with Crippen LogP contribution in [-0.4, -0.2) is 56.4 Å². The molecule has 3 aromatic rings. The van der Waals surface area contributed by atoms with Gasteiger partial charge in [0.15, 0.2) is 18.1 Å². The first-order chi connectivity index (χ1) is 17.9. The van der Waals surface area contributed by atoms with E-state index in [0.29, 0.717) is 41.7 Å². The van der Waals surface area contributed by atoms with Gasteiger partial charge < -0.3 is 29.0 Å². The van der Waals surface area contributed by atoms with Crippen LogP contribution in [0.1, 0.15) is 33.5 Å². The Kier molecular flexibility index (Phi) is 9.77. The molecule has 0 aromatic heterocycles. The monoisotopic (exact) mass is 507 g/mol. The number of carbonyl (C=O) groups excluding carboxylic acids is 1. The summed E-state index contributed by atoms with van der Waals surface area (Å²) in [7, 11) is 4.61. The van der Waals surface area contributed by atoms with Crippen molar-refractivity contribution in [1.82, 2.24) is 4.90 Å². The van der Waals surface area contributed by atoms with Crippen molar-refractivity contribution in [3.63, 3.8) is 0 Å². The molecule has 0 unspecified atom stereocenters. The summed E-state index contributed by atoms with van der Waals surface area (Å²) >= 11 is 0. The minimum Gasteiger partial charge on any atom is -0.496 e. The second-order valence-electron chi connectivity index (χ2n) is 8.49. The second-order valence-corrected chi connectivity index (χ2v) is 8.49. The molecule has 0 bridgehead atoms. The number of nitrogens with zero attached hydrogens (tertiary/aromatic N) is 1. The first kappa shape index (κ1) is 27.4. The molecule has 8 nitrogen and oxygen atoms in total. The third-order valence-electron chi connectivity index (χ3n) is 5.98. The van der Waals surface area contributed by atoms with Gasteiger partial charge >= 0.3 is 5.97 Å². The van der Waals surface area contributed by atoms with E-state index < -0.39 is 12.6 Å². The number of carboxylic acid groups (broad SMARTS) is 1. The van der Waals surface area contributed by atoms with Crippen LogP contribution >= 0.6 is 0 Å². The Morgan fingerprint density at radius 2 is 1.46 bits per heavy atom. The van der Waals surface area contributed by atoms with Crippen LogP contribution in [0.25, 0.3) is 0 Å². The number of carboxylic acids is 1. The molecule has 0 radical (unpaired) electrons. The summed E-state index contributed by atoms with van der Waals surface area (Å²) < 4.78 is 21.7. The second kappa shape index (κ2) is 13.2. The number of ether oxygens (including phenoxy) is 4. The number of aryl methyl sites for hydroxylation is 1. The van der Waals surface area contributed by atoms with Crippen LogP contribution in [0.5, 0.6) is 23.0 Å². The standard InChI is InChI=1S/C29H33NO7/c1-20-25(34-2)16-23(17-26(20)35-3)29(33)30(14-8-11-21-9-6-5-7-10-21)18-22-12-13-24(27(15-22)36-4)37-19-28(31)32/h5-7,9-10,12-13,15-17H,8,11,14,18-19H2,1-4H3,(H,31,32). The molecule has 3 rings (SSSR count).